The molecule has 0 atom stereocenters. The second kappa shape index (κ2) is 5.34. The Bertz CT molecular complexity index is 601. The third kappa shape index (κ3) is 3.41. The Balaban J connectivity index is 1.92. The van der Waals surface area contributed by atoms with Crippen LogP contribution in [-0.2, 0) is 24.9 Å². The topological polar surface area (TPSA) is 102 Å². The van der Waals surface area contributed by atoms with E-state index >= 15 is 0 Å². The van der Waals surface area contributed by atoms with Crippen LogP contribution >= 0.6 is 0 Å². The molecule has 2 aromatic heterocycles. The maximum absolute atomic E-state index is 11.8. The molecule has 0 saturated carbocycles. The lowest BCUT2D eigenvalue weighted by molar-refractivity contribution is -0.137. The van der Waals surface area contributed by atoms with Crippen LogP contribution in [0.5, 0.6) is 0 Å². The number of carbonyl (C=O) groups excluding carboxylic acids is 1. The summed E-state index contributed by atoms with van der Waals surface area (Å²) in [5.41, 5.74) is 1.06. The Morgan fingerprint density at radius 1 is 1.47 bits per heavy atom. The van der Waals surface area contributed by atoms with Crippen LogP contribution in [0.25, 0.3) is 0 Å². The summed E-state index contributed by atoms with van der Waals surface area (Å²) >= 11 is 0. The first kappa shape index (κ1) is 12.8. The molecule has 0 bridgehead atoms. The fourth-order valence-electron chi connectivity index (χ4n) is 1.54. The molecule has 1 amide bonds. The molecule has 2 aromatic rings. The van der Waals surface area contributed by atoms with Gasteiger partial charge in [0.1, 0.15) is 6.54 Å². The van der Waals surface area contributed by atoms with Crippen molar-refractivity contribution >= 4 is 11.9 Å². The van der Waals surface area contributed by atoms with Crippen molar-refractivity contribution in [2.75, 3.05) is 0 Å². The lowest BCUT2D eigenvalue weighted by Crippen LogP contribution is -2.22. The van der Waals surface area contributed by atoms with Gasteiger partial charge in [-0.3, -0.25) is 19.0 Å². The standard InChI is InChI=1S/C11H13N5O3/c1-15-3-2-9(14-15)5-12-11(19)8-4-13-16(6-8)7-10(17)18/h2-4,6H,5,7H2,1H3,(H,12,19)(H,17,18). The summed E-state index contributed by atoms with van der Waals surface area (Å²) in [6.07, 6.45) is 4.50. The van der Waals surface area contributed by atoms with Crippen LogP contribution in [0.2, 0.25) is 0 Å². The number of rotatable bonds is 5. The quantitative estimate of drug-likeness (QED) is 0.766. The molecule has 0 spiro atoms. The van der Waals surface area contributed by atoms with Crippen molar-refractivity contribution < 1.29 is 14.7 Å². The van der Waals surface area contributed by atoms with E-state index in [2.05, 4.69) is 15.5 Å². The van der Waals surface area contributed by atoms with E-state index in [0.29, 0.717) is 12.1 Å². The molecular formula is C11H13N5O3. The van der Waals surface area contributed by atoms with Gasteiger partial charge in [-0.25, -0.2) is 0 Å². The number of nitrogens with one attached hydrogen (secondary N) is 1. The molecule has 0 aliphatic rings. The molecule has 8 heteroatoms. The van der Waals surface area contributed by atoms with Gasteiger partial charge in [-0.1, -0.05) is 0 Å². The minimum Gasteiger partial charge on any atom is -0.480 e. The Hall–Kier alpha value is -2.64. The number of carbonyl (C=O) groups is 2. The lowest BCUT2D eigenvalue weighted by atomic mass is 10.3. The number of hydrogen-bond acceptors (Lipinski definition) is 4. The Morgan fingerprint density at radius 3 is 2.89 bits per heavy atom. The van der Waals surface area contributed by atoms with E-state index in [1.165, 1.54) is 17.1 Å². The molecule has 0 saturated heterocycles. The Kier molecular flexibility index (Phi) is 3.60. The Morgan fingerprint density at radius 2 is 2.26 bits per heavy atom. The van der Waals surface area contributed by atoms with Gasteiger partial charge in [0.2, 0.25) is 0 Å². The third-order valence-electron chi connectivity index (χ3n) is 2.39. The minimum atomic E-state index is -1.01. The van der Waals surface area contributed by atoms with Gasteiger partial charge in [0.15, 0.2) is 0 Å². The number of aryl methyl sites for hydroxylation is 1. The zero-order valence-electron chi connectivity index (χ0n) is 10.3. The first-order valence-corrected chi connectivity index (χ1v) is 5.55. The fourth-order valence-corrected chi connectivity index (χ4v) is 1.54. The second-order valence-electron chi connectivity index (χ2n) is 3.98. The van der Waals surface area contributed by atoms with Gasteiger partial charge in [0.25, 0.3) is 5.91 Å². The van der Waals surface area contributed by atoms with Crippen LogP contribution in [0.4, 0.5) is 0 Å². The first-order chi connectivity index (χ1) is 9.04. The van der Waals surface area contributed by atoms with Crippen LogP contribution in [0, 0.1) is 0 Å². The van der Waals surface area contributed by atoms with E-state index in [9.17, 15) is 9.59 Å². The van der Waals surface area contributed by atoms with Crippen molar-refractivity contribution in [2.45, 2.75) is 13.1 Å². The molecule has 0 fully saturated rings. The molecule has 2 N–H and O–H groups in total. The van der Waals surface area contributed by atoms with Crippen molar-refractivity contribution in [1.29, 1.82) is 0 Å². The predicted octanol–water partition coefficient (Wildman–Crippen LogP) is -0.369. The molecule has 0 aromatic carbocycles. The molecule has 0 unspecified atom stereocenters. The van der Waals surface area contributed by atoms with Crippen LogP contribution in [0.15, 0.2) is 24.7 Å². The smallest absolute Gasteiger partial charge is 0.325 e. The molecule has 0 aliphatic carbocycles. The second-order valence-corrected chi connectivity index (χ2v) is 3.98. The average molecular weight is 263 g/mol. The van der Waals surface area contributed by atoms with E-state index in [-0.39, 0.29) is 12.5 Å². The molecule has 8 nitrogen and oxygen atoms in total. The zero-order valence-corrected chi connectivity index (χ0v) is 10.3. The van der Waals surface area contributed by atoms with E-state index in [4.69, 9.17) is 5.11 Å². The number of carboxylic acids is 1. The third-order valence-corrected chi connectivity index (χ3v) is 2.39. The largest absolute Gasteiger partial charge is 0.480 e. The molecule has 0 aliphatic heterocycles. The molecular weight excluding hydrogens is 250 g/mol. The van der Waals surface area contributed by atoms with Crippen LogP contribution < -0.4 is 5.32 Å². The first-order valence-electron chi connectivity index (χ1n) is 5.55. The summed E-state index contributed by atoms with van der Waals surface area (Å²) in [6, 6.07) is 1.80. The normalized spacial score (nSPS) is 10.4. The van der Waals surface area contributed by atoms with E-state index in [1.54, 1.807) is 24.0 Å². The predicted molar refractivity (Wildman–Crippen MR) is 64.2 cm³/mol. The maximum Gasteiger partial charge on any atom is 0.325 e. The maximum atomic E-state index is 11.8. The summed E-state index contributed by atoms with van der Waals surface area (Å²) < 4.78 is 2.84. The van der Waals surface area contributed by atoms with Crippen LogP contribution in [0.1, 0.15) is 16.1 Å². The summed E-state index contributed by atoms with van der Waals surface area (Å²) in [5, 5.41) is 19.2. The number of aromatic nitrogens is 4. The highest BCUT2D eigenvalue weighted by molar-refractivity contribution is 5.93. The number of aliphatic carboxylic acids is 1. The average Bonchev–Trinajstić information content (AvgIpc) is 2.95. The van der Waals surface area contributed by atoms with Crippen molar-refractivity contribution in [1.82, 2.24) is 24.9 Å². The van der Waals surface area contributed by atoms with Gasteiger partial charge in [0.05, 0.1) is 24.0 Å². The number of hydrogen-bond donors (Lipinski definition) is 2. The van der Waals surface area contributed by atoms with Gasteiger partial charge < -0.3 is 10.4 Å². The van der Waals surface area contributed by atoms with Crippen molar-refractivity contribution in [3.63, 3.8) is 0 Å². The minimum absolute atomic E-state index is 0.270. The highest BCUT2D eigenvalue weighted by atomic mass is 16.4. The SMILES string of the molecule is Cn1ccc(CNC(=O)c2cnn(CC(=O)O)c2)n1. The molecule has 2 heterocycles. The van der Waals surface area contributed by atoms with Crippen LogP contribution in [-0.4, -0.2) is 36.5 Å². The van der Waals surface area contributed by atoms with Crippen molar-refractivity contribution in [3.05, 3.63) is 35.9 Å². The number of amides is 1. The van der Waals surface area contributed by atoms with Crippen molar-refractivity contribution in [3.8, 4) is 0 Å². The van der Waals surface area contributed by atoms with Gasteiger partial charge >= 0.3 is 5.97 Å². The van der Waals surface area contributed by atoms with E-state index in [1.807, 2.05) is 0 Å². The molecule has 100 valence electrons. The van der Waals surface area contributed by atoms with Crippen LogP contribution in [0.3, 0.4) is 0 Å². The highest BCUT2D eigenvalue weighted by Gasteiger charge is 2.10. The summed E-state index contributed by atoms with van der Waals surface area (Å²) in [4.78, 5) is 22.3. The summed E-state index contributed by atoms with van der Waals surface area (Å²) in [6.45, 7) is 0.0390. The van der Waals surface area contributed by atoms with Gasteiger partial charge in [0, 0.05) is 19.4 Å². The van der Waals surface area contributed by atoms with Crippen molar-refractivity contribution in [2.24, 2.45) is 7.05 Å². The van der Waals surface area contributed by atoms with E-state index < -0.39 is 5.97 Å². The number of carboxylic acid groups (broad SMARTS) is 1. The van der Waals surface area contributed by atoms with E-state index in [0.717, 1.165) is 5.69 Å². The van der Waals surface area contributed by atoms with Gasteiger partial charge in [-0.05, 0) is 6.07 Å². The summed E-state index contributed by atoms with van der Waals surface area (Å²) in [7, 11) is 1.79. The lowest BCUT2D eigenvalue weighted by Gasteiger charge is -2.00. The Labute approximate surface area is 108 Å². The molecule has 0 radical (unpaired) electrons. The van der Waals surface area contributed by atoms with Gasteiger partial charge in [-0.2, -0.15) is 10.2 Å². The fraction of sp³-hybridized carbons (Fsp3) is 0.273. The number of nitrogens with zero attached hydrogens (tertiary/aromatic N) is 4. The summed E-state index contributed by atoms with van der Waals surface area (Å²) in [5.74, 6) is -1.33. The van der Waals surface area contributed by atoms with Gasteiger partial charge in [-0.15, -0.1) is 0 Å². The molecule has 2 rings (SSSR count). The zero-order chi connectivity index (χ0) is 13.8. The monoisotopic (exact) mass is 263 g/mol. The highest BCUT2D eigenvalue weighted by Crippen LogP contribution is 1.99. The molecule has 19 heavy (non-hydrogen) atoms.